The summed E-state index contributed by atoms with van der Waals surface area (Å²) in [6.07, 6.45) is 5.34. The zero-order valence-electron chi connectivity index (χ0n) is 22.9. The lowest BCUT2D eigenvalue weighted by Gasteiger charge is -2.23. The SMILES string of the molecule is C=CCCC(=O)OCC(CCCCNC(=O)OCc1ccccc1)NC(=O)C(CC=C)CC(=O)NC(C)CO. The standard InChI is InChI=1S/C29H43N3O7/c1-4-6-16-27(35)38-21-25(32-28(36)24(12-5-2)18-26(34)31-22(3)19-33)15-10-11-17-30-29(37)39-20-23-13-8-7-9-14-23/h4-5,7-9,13-14,22,24-25,33H,1-2,6,10-12,15-21H2,3H3,(H,30,37)(H,31,34)(H,32,36). The lowest BCUT2D eigenvalue weighted by Crippen LogP contribution is -2.44. The summed E-state index contributed by atoms with van der Waals surface area (Å²) in [6.45, 7) is 9.28. The number of allylic oxidation sites excluding steroid dienone is 2. The number of carbonyl (C=O) groups excluding carboxylic acids is 4. The molecule has 0 heterocycles. The number of benzene rings is 1. The lowest BCUT2D eigenvalue weighted by atomic mass is 9.98. The highest BCUT2D eigenvalue weighted by atomic mass is 16.5. The van der Waals surface area contributed by atoms with Gasteiger partial charge in [0, 0.05) is 25.4 Å². The highest BCUT2D eigenvalue weighted by Crippen LogP contribution is 2.12. The summed E-state index contributed by atoms with van der Waals surface area (Å²) in [5, 5.41) is 17.4. The largest absolute Gasteiger partial charge is 0.463 e. The molecule has 10 heteroatoms. The van der Waals surface area contributed by atoms with E-state index in [0.29, 0.717) is 32.2 Å². The first-order chi connectivity index (χ1) is 18.8. The first-order valence-electron chi connectivity index (χ1n) is 13.3. The Balaban J connectivity index is 2.58. The van der Waals surface area contributed by atoms with Gasteiger partial charge in [0.2, 0.25) is 11.8 Å². The molecule has 3 amide bonds. The number of aliphatic hydroxyl groups excluding tert-OH is 1. The van der Waals surface area contributed by atoms with Gasteiger partial charge in [-0.1, -0.05) is 42.5 Å². The third-order valence-corrected chi connectivity index (χ3v) is 5.74. The molecule has 0 bridgehead atoms. The van der Waals surface area contributed by atoms with Crippen molar-refractivity contribution in [2.24, 2.45) is 5.92 Å². The molecule has 0 aliphatic heterocycles. The Morgan fingerprint density at radius 1 is 1.03 bits per heavy atom. The molecule has 0 aromatic heterocycles. The number of ether oxygens (including phenoxy) is 2. The number of amides is 3. The number of rotatable bonds is 20. The van der Waals surface area contributed by atoms with E-state index in [0.717, 1.165) is 5.56 Å². The number of esters is 1. The van der Waals surface area contributed by atoms with Crippen LogP contribution >= 0.6 is 0 Å². The smallest absolute Gasteiger partial charge is 0.407 e. The van der Waals surface area contributed by atoms with Gasteiger partial charge in [-0.2, -0.15) is 0 Å². The molecule has 1 aromatic rings. The van der Waals surface area contributed by atoms with Crippen LogP contribution in [0.2, 0.25) is 0 Å². The van der Waals surface area contributed by atoms with E-state index in [4.69, 9.17) is 14.6 Å². The summed E-state index contributed by atoms with van der Waals surface area (Å²) in [5.41, 5.74) is 0.893. The van der Waals surface area contributed by atoms with Crippen molar-refractivity contribution in [1.82, 2.24) is 16.0 Å². The second kappa shape index (κ2) is 20.3. The van der Waals surface area contributed by atoms with Crippen molar-refractivity contribution in [3.63, 3.8) is 0 Å². The second-order valence-electron chi connectivity index (χ2n) is 9.28. The Labute approximate surface area is 231 Å². The minimum Gasteiger partial charge on any atom is -0.463 e. The maximum atomic E-state index is 13.0. The van der Waals surface area contributed by atoms with Gasteiger partial charge in [-0.25, -0.2) is 4.79 Å². The summed E-state index contributed by atoms with van der Waals surface area (Å²) in [7, 11) is 0. The molecule has 3 atom stereocenters. The predicted octanol–water partition coefficient (Wildman–Crippen LogP) is 3.16. The number of nitrogens with one attached hydrogen (secondary N) is 3. The quantitative estimate of drug-likeness (QED) is 0.112. The number of aliphatic hydroxyl groups is 1. The van der Waals surface area contributed by atoms with Crippen LogP contribution in [-0.4, -0.2) is 60.8 Å². The van der Waals surface area contributed by atoms with Crippen LogP contribution in [0.4, 0.5) is 4.79 Å². The predicted molar refractivity (Wildman–Crippen MR) is 148 cm³/mol. The van der Waals surface area contributed by atoms with Gasteiger partial charge in [0.25, 0.3) is 0 Å². The minimum atomic E-state index is -0.659. The molecule has 1 rings (SSSR count). The van der Waals surface area contributed by atoms with E-state index < -0.39 is 30.1 Å². The molecule has 39 heavy (non-hydrogen) atoms. The minimum absolute atomic E-state index is 0.0111. The van der Waals surface area contributed by atoms with Crippen molar-refractivity contribution in [1.29, 1.82) is 0 Å². The molecule has 0 aliphatic rings. The van der Waals surface area contributed by atoms with Crippen LogP contribution in [0.5, 0.6) is 0 Å². The summed E-state index contributed by atoms with van der Waals surface area (Å²) >= 11 is 0. The van der Waals surface area contributed by atoms with Crippen molar-refractivity contribution < 1.29 is 33.8 Å². The van der Waals surface area contributed by atoms with Gasteiger partial charge in [0.1, 0.15) is 13.2 Å². The van der Waals surface area contributed by atoms with Crippen LogP contribution in [0.1, 0.15) is 57.4 Å². The lowest BCUT2D eigenvalue weighted by molar-refractivity contribution is -0.145. The van der Waals surface area contributed by atoms with Gasteiger partial charge in [0.15, 0.2) is 0 Å². The Kier molecular flexibility index (Phi) is 17.4. The molecule has 0 aliphatic carbocycles. The van der Waals surface area contributed by atoms with Gasteiger partial charge in [0.05, 0.1) is 18.6 Å². The Morgan fingerprint density at radius 3 is 2.44 bits per heavy atom. The van der Waals surface area contributed by atoms with Crippen LogP contribution < -0.4 is 16.0 Å². The van der Waals surface area contributed by atoms with Crippen molar-refractivity contribution >= 4 is 23.9 Å². The van der Waals surface area contributed by atoms with Gasteiger partial charge in [-0.15, -0.1) is 13.2 Å². The summed E-state index contributed by atoms with van der Waals surface area (Å²) in [5.74, 6) is -1.75. The molecule has 216 valence electrons. The summed E-state index contributed by atoms with van der Waals surface area (Å²) < 4.78 is 10.5. The van der Waals surface area contributed by atoms with Gasteiger partial charge in [-0.3, -0.25) is 14.4 Å². The summed E-state index contributed by atoms with van der Waals surface area (Å²) in [4.78, 5) is 49.2. The highest BCUT2D eigenvalue weighted by molar-refractivity contribution is 5.86. The number of unbranched alkanes of at least 4 members (excludes halogenated alkanes) is 1. The zero-order valence-corrected chi connectivity index (χ0v) is 22.9. The van der Waals surface area contributed by atoms with Crippen molar-refractivity contribution in [2.75, 3.05) is 19.8 Å². The molecule has 4 N–H and O–H groups in total. The van der Waals surface area contributed by atoms with Crippen molar-refractivity contribution in [3.05, 3.63) is 61.2 Å². The van der Waals surface area contributed by atoms with Crippen LogP contribution in [0, 0.1) is 5.92 Å². The molecular weight excluding hydrogens is 502 g/mol. The Hall–Kier alpha value is -3.66. The molecule has 1 aromatic carbocycles. The van der Waals surface area contributed by atoms with E-state index >= 15 is 0 Å². The van der Waals surface area contributed by atoms with E-state index in [-0.39, 0.29) is 50.9 Å². The number of alkyl carbamates (subject to hydrolysis) is 1. The number of hydrogen-bond donors (Lipinski definition) is 4. The second-order valence-corrected chi connectivity index (χ2v) is 9.28. The fourth-order valence-electron chi connectivity index (χ4n) is 3.57. The van der Waals surface area contributed by atoms with Crippen molar-refractivity contribution in [2.45, 2.75) is 70.6 Å². The summed E-state index contributed by atoms with van der Waals surface area (Å²) in [6, 6.07) is 8.47. The molecule has 0 fully saturated rings. The van der Waals surface area contributed by atoms with Crippen LogP contribution in [0.3, 0.4) is 0 Å². The molecular formula is C29H43N3O7. The molecule has 3 unspecified atom stereocenters. The van der Waals surface area contributed by atoms with E-state index in [2.05, 4.69) is 29.1 Å². The molecule has 0 saturated heterocycles. The fraction of sp³-hybridized carbons (Fsp3) is 0.517. The normalized spacial score (nSPS) is 12.8. The van der Waals surface area contributed by atoms with Crippen LogP contribution in [0.15, 0.2) is 55.6 Å². The van der Waals surface area contributed by atoms with E-state index in [9.17, 15) is 19.2 Å². The van der Waals surface area contributed by atoms with Gasteiger partial charge in [-0.05, 0) is 44.6 Å². The first-order valence-corrected chi connectivity index (χ1v) is 13.3. The average Bonchev–Trinajstić information content (AvgIpc) is 2.93. The number of hydrogen-bond acceptors (Lipinski definition) is 7. The third-order valence-electron chi connectivity index (χ3n) is 5.74. The molecule has 0 spiro atoms. The van der Waals surface area contributed by atoms with E-state index in [1.807, 2.05) is 30.3 Å². The topological polar surface area (TPSA) is 143 Å². The maximum absolute atomic E-state index is 13.0. The monoisotopic (exact) mass is 545 g/mol. The fourth-order valence-corrected chi connectivity index (χ4v) is 3.57. The van der Waals surface area contributed by atoms with Gasteiger partial charge >= 0.3 is 12.1 Å². The van der Waals surface area contributed by atoms with E-state index in [1.165, 1.54) is 0 Å². The highest BCUT2D eigenvalue weighted by Gasteiger charge is 2.24. The molecule has 10 nitrogen and oxygen atoms in total. The first kappa shape index (κ1) is 33.4. The molecule has 0 saturated carbocycles. The van der Waals surface area contributed by atoms with Crippen LogP contribution in [-0.2, 0) is 30.5 Å². The third kappa shape index (κ3) is 16.0. The maximum Gasteiger partial charge on any atom is 0.407 e. The Morgan fingerprint density at radius 2 is 1.77 bits per heavy atom. The average molecular weight is 546 g/mol. The molecule has 0 radical (unpaired) electrons. The van der Waals surface area contributed by atoms with Crippen LogP contribution in [0.25, 0.3) is 0 Å². The Bertz CT molecular complexity index is 907. The van der Waals surface area contributed by atoms with Gasteiger partial charge < -0.3 is 30.5 Å². The van der Waals surface area contributed by atoms with E-state index in [1.54, 1.807) is 19.1 Å². The number of carbonyl (C=O) groups is 4. The zero-order chi connectivity index (χ0) is 28.9. The van der Waals surface area contributed by atoms with Crippen molar-refractivity contribution in [3.8, 4) is 0 Å².